The highest BCUT2D eigenvalue weighted by molar-refractivity contribution is 5.54. The highest BCUT2D eigenvalue weighted by atomic mass is 19.1. The largest absolute Gasteiger partial charge is 0.491 e. The summed E-state index contributed by atoms with van der Waals surface area (Å²) >= 11 is 0. The third-order valence-corrected chi connectivity index (χ3v) is 3.31. The normalized spacial score (nSPS) is 19.1. The molecule has 0 amide bonds. The highest BCUT2D eigenvalue weighted by Gasteiger charge is 2.27. The zero-order chi connectivity index (χ0) is 13.0. The summed E-state index contributed by atoms with van der Waals surface area (Å²) in [6.07, 6.45) is 3.45. The molecule has 0 fully saturated rings. The SMILES string of the molecule is CC[C@@H](C)C1=CC1Nc1ccc(OCCF)cc1. The van der Waals surface area contributed by atoms with Crippen LogP contribution in [0, 0.1) is 5.92 Å². The predicted molar refractivity (Wildman–Crippen MR) is 72.9 cm³/mol. The summed E-state index contributed by atoms with van der Waals surface area (Å²) in [6.45, 7) is 4.12. The van der Waals surface area contributed by atoms with Gasteiger partial charge in [0.1, 0.15) is 19.0 Å². The van der Waals surface area contributed by atoms with Gasteiger partial charge < -0.3 is 10.1 Å². The van der Waals surface area contributed by atoms with Crippen molar-refractivity contribution in [3.63, 3.8) is 0 Å². The van der Waals surface area contributed by atoms with E-state index < -0.39 is 6.67 Å². The van der Waals surface area contributed by atoms with E-state index in [1.165, 1.54) is 12.0 Å². The quantitative estimate of drug-likeness (QED) is 0.742. The lowest BCUT2D eigenvalue weighted by molar-refractivity contribution is 0.273. The Bertz CT molecular complexity index is 413. The molecule has 1 aromatic rings. The van der Waals surface area contributed by atoms with Crippen molar-refractivity contribution in [2.75, 3.05) is 18.6 Å². The van der Waals surface area contributed by atoms with E-state index in [0.717, 1.165) is 5.69 Å². The first-order valence-electron chi connectivity index (χ1n) is 6.51. The van der Waals surface area contributed by atoms with Crippen LogP contribution in [-0.4, -0.2) is 19.3 Å². The monoisotopic (exact) mass is 249 g/mol. The third-order valence-electron chi connectivity index (χ3n) is 3.31. The summed E-state index contributed by atoms with van der Waals surface area (Å²) in [7, 11) is 0. The Balaban J connectivity index is 1.81. The Morgan fingerprint density at radius 2 is 2.06 bits per heavy atom. The summed E-state index contributed by atoms with van der Waals surface area (Å²) < 4.78 is 17.1. The molecule has 1 aliphatic rings. The van der Waals surface area contributed by atoms with Gasteiger partial charge in [0.15, 0.2) is 0 Å². The second-order valence-corrected chi connectivity index (χ2v) is 4.66. The Morgan fingerprint density at radius 3 is 2.67 bits per heavy atom. The molecular weight excluding hydrogens is 229 g/mol. The fourth-order valence-electron chi connectivity index (χ4n) is 1.96. The van der Waals surface area contributed by atoms with Gasteiger partial charge in [-0.25, -0.2) is 4.39 Å². The first-order chi connectivity index (χ1) is 8.74. The van der Waals surface area contributed by atoms with E-state index in [4.69, 9.17) is 4.74 Å². The van der Waals surface area contributed by atoms with Crippen molar-refractivity contribution in [2.45, 2.75) is 26.3 Å². The molecule has 0 saturated heterocycles. The lowest BCUT2D eigenvalue weighted by Crippen LogP contribution is -2.08. The van der Waals surface area contributed by atoms with Crippen molar-refractivity contribution in [3.8, 4) is 5.75 Å². The predicted octanol–water partition coefficient (Wildman–Crippen LogP) is 3.80. The maximum atomic E-state index is 11.9. The Labute approximate surface area is 108 Å². The standard InChI is InChI=1S/C15H20FNO/c1-3-11(2)14-10-15(14)17-12-4-6-13(7-5-12)18-9-8-16/h4-7,10-11,15,17H,3,8-9H2,1-2H3/t11-,15?/m1/s1. The van der Waals surface area contributed by atoms with Crippen molar-refractivity contribution in [1.29, 1.82) is 0 Å². The van der Waals surface area contributed by atoms with Crippen LogP contribution >= 0.6 is 0 Å². The first kappa shape index (κ1) is 12.9. The van der Waals surface area contributed by atoms with Crippen LogP contribution in [0.2, 0.25) is 0 Å². The second kappa shape index (κ2) is 5.89. The van der Waals surface area contributed by atoms with Crippen LogP contribution in [0.3, 0.4) is 0 Å². The first-order valence-corrected chi connectivity index (χ1v) is 6.51. The average molecular weight is 249 g/mol. The molecule has 1 aromatic carbocycles. The van der Waals surface area contributed by atoms with Crippen LogP contribution in [0.25, 0.3) is 0 Å². The van der Waals surface area contributed by atoms with Crippen LogP contribution in [0.5, 0.6) is 5.75 Å². The van der Waals surface area contributed by atoms with E-state index in [2.05, 4.69) is 25.2 Å². The molecule has 98 valence electrons. The van der Waals surface area contributed by atoms with E-state index in [1.807, 2.05) is 24.3 Å². The van der Waals surface area contributed by atoms with Crippen LogP contribution in [-0.2, 0) is 0 Å². The number of anilines is 1. The van der Waals surface area contributed by atoms with E-state index in [9.17, 15) is 4.39 Å². The zero-order valence-corrected chi connectivity index (χ0v) is 10.9. The van der Waals surface area contributed by atoms with Gasteiger partial charge in [0, 0.05) is 5.69 Å². The minimum absolute atomic E-state index is 0.120. The zero-order valence-electron chi connectivity index (χ0n) is 10.9. The number of halogens is 1. The van der Waals surface area contributed by atoms with Gasteiger partial charge in [-0.1, -0.05) is 19.9 Å². The van der Waals surface area contributed by atoms with Gasteiger partial charge in [-0.15, -0.1) is 0 Å². The molecule has 0 heterocycles. The van der Waals surface area contributed by atoms with Gasteiger partial charge in [-0.05, 0) is 42.2 Å². The molecule has 18 heavy (non-hydrogen) atoms. The van der Waals surface area contributed by atoms with Gasteiger partial charge in [0.2, 0.25) is 0 Å². The Hall–Kier alpha value is -1.51. The van der Waals surface area contributed by atoms with Crippen molar-refractivity contribution in [3.05, 3.63) is 35.9 Å². The topological polar surface area (TPSA) is 21.3 Å². The smallest absolute Gasteiger partial charge is 0.123 e. The van der Waals surface area contributed by atoms with Crippen LogP contribution in [0.15, 0.2) is 35.9 Å². The van der Waals surface area contributed by atoms with Crippen molar-refractivity contribution >= 4 is 5.69 Å². The van der Waals surface area contributed by atoms with E-state index in [-0.39, 0.29) is 6.61 Å². The summed E-state index contributed by atoms with van der Waals surface area (Å²) in [5.74, 6) is 1.37. The molecule has 3 heteroatoms. The number of hydrogen-bond donors (Lipinski definition) is 1. The fraction of sp³-hybridized carbons (Fsp3) is 0.467. The van der Waals surface area contributed by atoms with Crippen molar-refractivity contribution in [2.24, 2.45) is 5.92 Å². The summed E-state index contributed by atoms with van der Waals surface area (Å²) in [6, 6.07) is 8.08. The molecule has 2 rings (SSSR count). The number of hydrogen-bond acceptors (Lipinski definition) is 2. The van der Waals surface area contributed by atoms with Gasteiger partial charge in [-0.2, -0.15) is 0 Å². The molecule has 1 N–H and O–H groups in total. The van der Waals surface area contributed by atoms with Crippen LogP contribution in [0.4, 0.5) is 10.1 Å². The van der Waals surface area contributed by atoms with Gasteiger partial charge in [-0.3, -0.25) is 0 Å². The van der Waals surface area contributed by atoms with Gasteiger partial charge in [0.25, 0.3) is 0 Å². The molecule has 1 aliphatic carbocycles. The lowest BCUT2D eigenvalue weighted by atomic mass is 10.1. The number of nitrogens with one attached hydrogen (secondary N) is 1. The van der Waals surface area contributed by atoms with E-state index in [1.54, 1.807) is 0 Å². The van der Waals surface area contributed by atoms with Crippen LogP contribution < -0.4 is 10.1 Å². The Kier molecular flexibility index (Phi) is 4.24. The molecule has 0 aromatic heterocycles. The summed E-state index contributed by atoms with van der Waals surface area (Å²) in [5.41, 5.74) is 2.57. The molecule has 0 bridgehead atoms. The maximum Gasteiger partial charge on any atom is 0.123 e. The number of ether oxygens (including phenoxy) is 1. The minimum atomic E-state index is -0.454. The number of alkyl halides is 1. The molecule has 1 unspecified atom stereocenters. The number of benzene rings is 1. The average Bonchev–Trinajstić information content (AvgIpc) is 3.16. The minimum Gasteiger partial charge on any atom is -0.491 e. The molecule has 2 nitrogen and oxygen atoms in total. The number of rotatable bonds is 7. The maximum absolute atomic E-state index is 11.9. The second-order valence-electron chi connectivity index (χ2n) is 4.66. The molecule has 0 saturated carbocycles. The molecular formula is C15H20FNO. The Morgan fingerprint density at radius 1 is 1.33 bits per heavy atom. The van der Waals surface area contributed by atoms with E-state index >= 15 is 0 Å². The third kappa shape index (κ3) is 3.25. The fourth-order valence-corrected chi connectivity index (χ4v) is 1.96. The molecule has 2 atom stereocenters. The van der Waals surface area contributed by atoms with Gasteiger partial charge in [0.05, 0.1) is 6.04 Å². The van der Waals surface area contributed by atoms with Gasteiger partial charge >= 0.3 is 0 Å². The molecule has 0 aliphatic heterocycles. The summed E-state index contributed by atoms with van der Waals surface area (Å²) in [4.78, 5) is 0. The molecule has 0 spiro atoms. The van der Waals surface area contributed by atoms with Crippen molar-refractivity contribution < 1.29 is 9.13 Å². The summed E-state index contributed by atoms with van der Waals surface area (Å²) in [5, 5.41) is 3.44. The lowest BCUT2D eigenvalue weighted by Gasteiger charge is -2.10. The highest BCUT2D eigenvalue weighted by Crippen LogP contribution is 2.33. The molecule has 0 radical (unpaired) electrons. The van der Waals surface area contributed by atoms with Crippen molar-refractivity contribution in [1.82, 2.24) is 0 Å². The van der Waals surface area contributed by atoms with E-state index in [0.29, 0.717) is 17.7 Å². The van der Waals surface area contributed by atoms with Crippen LogP contribution in [0.1, 0.15) is 20.3 Å².